The topological polar surface area (TPSA) is 37.9 Å². The highest BCUT2D eigenvalue weighted by atomic mass is 16.5. The highest BCUT2D eigenvalue weighted by Crippen LogP contribution is 2.27. The molecule has 2 aromatic heterocycles. The molecule has 20 heavy (non-hydrogen) atoms. The number of pyridine rings is 1. The lowest BCUT2D eigenvalue weighted by Crippen LogP contribution is -1.98. The van der Waals surface area contributed by atoms with E-state index in [2.05, 4.69) is 48.9 Å². The normalized spacial score (nSPS) is 10.9. The molecule has 1 aromatic carbocycles. The smallest absolute Gasteiger partial charge is 0.238 e. The van der Waals surface area contributed by atoms with E-state index in [1.165, 1.54) is 16.5 Å². The summed E-state index contributed by atoms with van der Waals surface area (Å²) in [6.07, 6.45) is 1.80. The van der Waals surface area contributed by atoms with Gasteiger partial charge in [-0.2, -0.15) is 0 Å². The molecular formula is C17H18N2O. The van der Waals surface area contributed by atoms with Crippen molar-refractivity contribution >= 4 is 10.9 Å². The van der Waals surface area contributed by atoms with E-state index in [4.69, 9.17) is 4.74 Å². The first-order valence-electron chi connectivity index (χ1n) is 6.77. The summed E-state index contributed by atoms with van der Waals surface area (Å²) in [7, 11) is 0. The van der Waals surface area contributed by atoms with Crippen LogP contribution in [-0.4, -0.2) is 9.97 Å². The summed E-state index contributed by atoms with van der Waals surface area (Å²) < 4.78 is 5.89. The van der Waals surface area contributed by atoms with Gasteiger partial charge in [-0.3, -0.25) is 0 Å². The van der Waals surface area contributed by atoms with Crippen LogP contribution in [-0.2, 0) is 6.61 Å². The van der Waals surface area contributed by atoms with Gasteiger partial charge in [-0.25, -0.2) is 4.98 Å². The summed E-state index contributed by atoms with van der Waals surface area (Å²) in [5.41, 5.74) is 5.79. The summed E-state index contributed by atoms with van der Waals surface area (Å²) in [6.45, 7) is 6.79. The number of nitrogens with one attached hydrogen (secondary N) is 1. The fourth-order valence-corrected chi connectivity index (χ4v) is 2.42. The summed E-state index contributed by atoms with van der Waals surface area (Å²) >= 11 is 0. The number of benzene rings is 1. The van der Waals surface area contributed by atoms with Crippen molar-refractivity contribution in [3.05, 3.63) is 58.9 Å². The summed E-state index contributed by atoms with van der Waals surface area (Å²) in [5, 5.41) is 1.18. The number of hydrogen-bond acceptors (Lipinski definition) is 2. The Morgan fingerprint density at radius 2 is 2.00 bits per heavy atom. The Balaban J connectivity index is 1.90. The summed E-state index contributed by atoms with van der Waals surface area (Å²) in [6, 6.07) is 10.3. The molecule has 3 aromatic rings. The molecule has 0 aliphatic rings. The van der Waals surface area contributed by atoms with Crippen molar-refractivity contribution < 1.29 is 4.74 Å². The maximum Gasteiger partial charge on any atom is 0.238 e. The third-order valence-electron chi connectivity index (χ3n) is 3.65. The van der Waals surface area contributed by atoms with Gasteiger partial charge in [0.15, 0.2) is 0 Å². The zero-order valence-corrected chi connectivity index (χ0v) is 12.0. The van der Waals surface area contributed by atoms with E-state index in [0.29, 0.717) is 12.5 Å². The van der Waals surface area contributed by atoms with Crippen molar-refractivity contribution in [2.75, 3.05) is 0 Å². The lowest BCUT2D eigenvalue weighted by Gasteiger charge is -2.07. The maximum absolute atomic E-state index is 5.89. The Morgan fingerprint density at radius 3 is 2.80 bits per heavy atom. The molecule has 1 N–H and O–H groups in total. The molecule has 0 amide bonds. The molecule has 3 nitrogen and oxygen atoms in total. The number of ether oxygens (including phenoxy) is 1. The van der Waals surface area contributed by atoms with E-state index in [1.54, 1.807) is 6.20 Å². The Labute approximate surface area is 118 Å². The minimum Gasteiger partial charge on any atom is -0.471 e. The highest BCUT2D eigenvalue weighted by molar-refractivity contribution is 5.87. The van der Waals surface area contributed by atoms with Crippen LogP contribution in [0.2, 0.25) is 0 Å². The second-order valence-electron chi connectivity index (χ2n) is 5.19. The van der Waals surface area contributed by atoms with Gasteiger partial charge < -0.3 is 9.72 Å². The largest absolute Gasteiger partial charge is 0.471 e. The minimum atomic E-state index is 0.533. The minimum absolute atomic E-state index is 0.533. The van der Waals surface area contributed by atoms with Crippen LogP contribution in [0.3, 0.4) is 0 Å². The van der Waals surface area contributed by atoms with Crippen molar-refractivity contribution in [1.82, 2.24) is 9.97 Å². The van der Waals surface area contributed by atoms with E-state index in [0.717, 1.165) is 16.8 Å². The molecule has 3 heteroatoms. The second-order valence-corrected chi connectivity index (χ2v) is 5.19. The second kappa shape index (κ2) is 5.00. The van der Waals surface area contributed by atoms with Gasteiger partial charge in [0.2, 0.25) is 5.88 Å². The number of rotatable bonds is 3. The fourth-order valence-electron chi connectivity index (χ4n) is 2.42. The molecule has 0 atom stereocenters. The van der Waals surface area contributed by atoms with E-state index in [-0.39, 0.29) is 0 Å². The molecule has 0 bridgehead atoms. The lowest BCUT2D eigenvalue weighted by molar-refractivity contribution is 0.297. The Kier molecular flexibility index (Phi) is 3.18. The highest BCUT2D eigenvalue weighted by Gasteiger charge is 2.10. The molecule has 0 aliphatic heterocycles. The van der Waals surface area contributed by atoms with Crippen molar-refractivity contribution in [1.29, 1.82) is 0 Å². The van der Waals surface area contributed by atoms with Crippen LogP contribution in [0.4, 0.5) is 0 Å². The molecular weight excluding hydrogens is 248 g/mol. The van der Waals surface area contributed by atoms with Crippen LogP contribution in [0.1, 0.15) is 22.4 Å². The number of aromatic nitrogens is 2. The quantitative estimate of drug-likeness (QED) is 0.776. The SMILES string of the molecule is Cc1cccc(COc2nccc3c(C)c(C)[nH]c23)c1. The molecule has 2 heterocycles. The standard InChI is InChI=1S/C17H18N2O/c1-11-5-4-6-14(9-11)10-20-17-16-15(7-8-18-17)12(2)13(3)19-16/h4-9,19H,10H2,1-3H3. The zero-order valence-electron chi connectivity index (χ0n) is 12.0. The predicted molar refractivity (Wildman–Crippen MR) is 81.1 cm³/mol. The Hall–Kier alpha value is -2.29. The first-order chi connectivity index (χ1) is 9.65. The van der Waals surface area contributed by atoms with Crippen LogP contribution in [0.5, 0.6) is 5.88 Å². The third kappa shape index (κ3) is 2.27. The summed E-state index contributed by atoms with van der Waals surface area (Å²) in [5.74, 6) is 0.667. The lowest BCUT2D eigenvalue weighted by atomic mass is 10.1. The monoisotopic (exact) mass is 266 g/mol. The average molecular weight is 266 g/mol. The Morgan fingerprint density at radius 1 is 1.15 bits per heavy atom. The molecule has 0 spiro atoms. The number of aromatic amines is 1. The van der Waals surface area contributed by atoms with Crippen LogP contribution < -0.4 is 4.74 Å². The van der Waals surface area contributed by atoms with Crippen molar-refractivity contribution in [3.8, 4) is 5.88 Å². The average Bonchev–Trinajstić information content (AvgIpc) is 2.73. The van der Waals surface area contributed by atoms with E-state index in [9.17, 15) is 0 Å². The fraction of sp³-hybridized carbons (Fsp3) is 0.235. The van der Waals surface area contributed by atoms with Gasteiger partial charge in [0, 0.05) is 17.3 Å². The van der Waals surface area contributed by atoms with Crippen molar-refractivity contribution in [3.63, 3.8) is 0 Å². The zero-order chi connectivity index (χ0) is 14.1. The third-order valence-corrected chi connectivity index (χ3v) is 3.65. The van der Waals surface area contributed by atoms with Crippen molar-refractivity contribution in [2.45, 2.75) is 27.4 Å². The number of nitrogens with zero attached hydrogens (tertiary/aromatic N) is 1. The van der Waals surface area contributed by atoms with Gasteiger partial charge in [-0.05, 0) is 38.0 Å². The van der Waals surface area contributed by atoms with E-state index in [1.807, 2.05) is 12.1 Å². The molecule has 0 radical (unpaired) electrons. The maximum atomic E-state index is 5.89. The van der Waals surface area contributed by atoms with Gasteiger partial charge in [0.25, 0.3) is 0 Å². The predicted octanol–water partition coefficient (Wildman–Crippen LogP) is 4.07. The van der Waals surface area contributed by atoms with Gasteiger partial charge in [0.1, 0.15) is 12.1 Å². The number of aryl methyl sites for hydroxylation is 3. The van der Waals surface area contributed by atoms with Gasteiger partial charge in [-0.15, -0.1) is 0 Å². The van der Waals surface area contributed by atoms with Crippen molar-refractivity contribution in [2.24, 2.45) is 0 Å². The number of fused-ring (bicyclic) bond motifs is 1. The van der Waals surface area contributed by atoms with Gasteiger partial charge in [-0.1, -0.05) is 29.8 Å². The van der Waals surface area contributed by atoms with Crippen LogP contribution in [0.25, 0.3) is 10.9 Å². The number of hydrogen-bond donors (Lipinski definition) is 1. The molecule has 3 rings (SSSR count). The van der Waals surface area contributed by atoms with E-state index >= 15 is 0 Å². The van der Waals surface area contributed by atoms with Gasteiger partial charge >= 0.3 is 0 Å². The summed E-state index contributed by atoms with van der Waals surface area (Å²) in [4.78, 5) is 7.70. The molecule has 0 saturated heterocycles. The first-order valence-corrected chi connectivity index (χ1v) is 6.77. The first kappa shape index (κ1) is 12.7. The molecule has 0 fully saturated rings. The van der Waals surface area contributed by atoms with Crippen LogP contribution in [0, 0.1) is 20.8 Å². The van der Waals surface area contributed by atoms with Crippen LogP contribution >= 0.6 is 0 Å². The molecule has 102 valence electrons. The Bertz CT molecular complexity index is 759. The number of H-pyrrole nitrogens is 1. The molecule has 0 aliphatic carbocycles. The van der Waals surface area contributed by atoms with Crippen LogP contribution in [0.15, 0.2) is 36.5 Å². The van der Waals surface area contributed by atoms with Gasteiger partial charge in [0.05, 0.1) is 0 Å². The molecule has 0 saturated carbocycles. The van der Waals surface area contributed by atoms with E-state index < -0.39 is 0 Å². The molecule has 0 unspecified atom stereocenters.